The van der Waals surface area contributed by atoms with Crippen LogP contribution in [0.1, 0.15) is 43.6 Å². The van der Waals surface area contributed by atoms with Gasteiger partial charge in [0.1, 0.15) is 0 Å². The highest BCUT2D eigenvalue weighted by Crippen LogP contribution is 2.49. The lowest BCUT2D eigenvalue weighted by Crippen LogP contribution is -2.12. The number of hydrogen-bond donors (Lipinski definition) is 0. The topological polar surface area (TPSA) is 8.17 Å². The van der Waals surface area contributed by atoms with Crippen LogP contribution >= 0.6 is 11.3 Å². The Morgan fingerprint density at radius 1 is 0.443 bits per heavy atom. The molecule has 0 bridgehead atoms. The van der Waals surface area contributed by atoms with E-state index in [2.05, 4.69) is 210 Å². The van der Waals surface area contributed by atoms with Crippen molar-refractivity contribution >= 4 is 81.1 Å². The van der Waals surface area contributed by atoms with Crippen molar-refractivity contribution in [3.8, 4) is 27.9 Å². The molecular formula is C58H44N2S. The van der Waals surface area contributed by atoms with Crippen molar-refractivity contribution in [2.75, 3.05) is 4.90 Å². The summed E-state index contributed by atoms with van der Waals surface area (Å²) in [7, 11) is 0. The van der Waals surface area contributed by atoms with E-state index in [0.717, 1.165) is 5.69 Å². The molecule has 0 atom stereocenters. The standard InChI is InChI=1S/C58H44N2S/c1-3-16-40(17-4-1)45-25-13-18-41-19-14-26-48(57(41)45)46-22-7-10-27-51(46)60(54-29-15-31-56-58(54)49-24-9-12-30-55(49)61-56)44-35-32-39(33-36-44)42-34-37-53-50(38-42)47-23-8-11-28-52(47)59(53)43-20-5-2-6-21-43/h2,5-15,18-38,40H,1,3-4,16-17H2. The van der Waals surface area contributed by atoms with Gasteiger partial charge in [-0.05, 0) is 119 Å². The summed E-state index contributed by atoms with van der Waals surface area (Å²) in [5.41, 5.74) is 13.6. The molecule has 1 fully saturated rings. The van der Waals surface area contributed by atoms with Crippen LogP contribution in [0.15, 0.2) is 200 Å². The predicted molar refractivity (Wildman–Crippen MR) is 263 cm³/mol. The zero-order valence-electron chi connectivity index (χ0n) is 34.0. The molecule has 1 aliphatic rings. The zero-order valence-corrected chi connectivity index (χ0v) is 34.8. The number of nitrogens with zero attached hydrogens (tertiary/aromatic N) is 2. The average Bonchev–Trinajstić information content (AvgIpc) is 3.88. The Hall–Kier alpha value is -6.94. The van der Waals surface area contributed by atoms with E-state index in [0.29, 0.717) is 5.92 Å². The van der Waals surface area contributed by atoms with Gasteiger partial charge in [-0.2, -0.15) is 0 Å². The number of hydrogen-bond acceptors (Lipinski definition) is 2. The first kappa shape index (κ1) is 36.0. The van der Waals surface area contributed by atoms with Gasteiger partial charge in [0.2, 0.25) is 0 Å². The summed E-state index contributed by atoms with van der Waals surface area (Å²) in [6.45, 7) is 0. The minimum atomic E-state index is 0.592. The molecule has 0 spiro atoms. The minimum Gasteiger partial charge on any atom is -0.309 e. The number of thiophene rings is 1. The maximum atomic E-state index is 2.53. The van der Waals surface area contributed by atoms with Crippen LogP contribution in [0.2, 0.25) is 0 Å². The van der Waals surface area contributed by atoms with Crippen molar-refractivity contribution in [1.82, 2.24) is 4.57 Å². The number of rotatable bonds is 7. The van der Waals surface area contributed by atoms with Gasteiger partial charge in [-0.1, -0.05) is 153 Å². The number of anilines is 3. The van der Waals surface area contributed by atoms with Crippen molar-refractivity contribution in [3.05, 3.63) is 206 Å². The van der Waals surface area contributed by atoms with E-state index in [9.17, 15) is 0 Å². The molecule has 11 aromatic rings. The second-order valence-corrected chi connectivity index (χ2v) is 17.7. The van der Waals surface area contributed by atoms with Crippen LogP contribution in [0.4, 0.5) is 17.1 Å². The fraction of sp³-hybridized carbons (Fsp3) is 0.103. The molecule has 0 N–H and O–H groups in total. The van der Waals surface area contributed by atoms with Gasteiger partial charge < -0.3 is 9.47 Å². The van der Waals surface area contributed by atoms with E-state index < -0.39 is 0 Å². The highest BCUT2D eigenvalue weighted by atomic mass is 32.1. The molecule has 0 amide bonds. The van der Waals surface area contributed by atoms with Crippen molar-refractivity contribution in [1.29, 1.82) is 0 Å². The van der Waals surface area contributed by atoms with Gasteiger partial charge in [0.25, 0.3) is 0 Å². The molecule has 0 saturated heterocycles. The van der Waals surface area contributed by atoms with Crippen molar-refractivity contribution in [3.63, 3.8) is 0 Å². The Bertz CT molecular complexity index is 3400. The molecule has 2 nitrogen and oxygen atoms in total. The van der Waals surface area contributed by atoms with Crippen LogP contribution in [0.3, 0.4) is 0 Å². The highest BCUT2D eigenvalue weighted by Gasteiger charge is 2.24. The molecule has 2 aromatic heterocycles. The van der Waals surface area contributed by atoms with Crippen LogP contribution in [-0.2, 0) is 0 Å². The van der Waals surface area contributed by atoms with Gasteiger partial charge >= 0.3 is 0 Å². The summed E-state index contributed by atoms with van der Waals surface area (Å²) in [5.74, 6) is 0.592. The summed E-state index contributed by atoms with van der Waals surface area (Å²) < 4.78 is 4.99. The quantitative estimate of drug-likeness (QED) is 0.156. The minimum absolute atomic E-state index is 0.592. The normalized spacial score (nSPS) is 13.5. The molecule has 1 aliphatic carbocycles. The molecule has 9 aromatic carbocycles. The van der Waals surface area contributed by atoms with Gasteiger partial charge in [-0.15, -0.1) is 11.3 Å². The molecular weight excluding hydrogens is 757 g/mol. The Labute approximate surface area is 360 Å². The molecule has 0 aliphatic heterocycles. The Kier molecular flexibility index (Phi) is 8.82. The first-order chi connectivity index (χ1) is 30.3. The van der Waals surface area contributed by atoms with Crippen LogP contribution < -0.4 is 4.90 Å². The van der Waals surface area contributed by atoms with E-state index in [1.807, 2.05) is 11.3 Å². The zero-order chi connectivity index (χ0) is 40.3. The lowest BCUT2D eigenvalue weighted by molar-refractivity contribution is 0.445. The third-order valence-electron chi connectivity index (χ3n) is 13.2. The number of fused-ring (bicyclic) bond motifs is 7. The van der Waals surface area contributed by atoms with Gasteiger partial charge in [0.15, 0.2) is 0 Å². The molecule has 12 rings (SSSR count). The Morgan fingerprint density at radius 3 is 1.97 bits per heavy atom. The Balaban J connectivity index is 1.04. The van der Waals surface area contributed by atoms with Crippen LogP contribution in [0, 0.1) is 0 Å². The van der Waals surface area contributed by atoms with Crippen LogP contribution in [-0.4, -0.2) is 4.57 Å². The maximum Gasteiger partial charge on any atom is 0.0555 e. The molecule has 1 saturated carbocycles. The molecule has 3 heteroatoms. The third-order valence-corrected chi connectivity index (χ3v) is 14.3. The summed E-state index contributed by atoms with van der Waals surface area (Å²) in [6, 6.07) is 74.4. The van der Waals surface area contributed by atoms with Gasteiger partial charge in [-0.3, -0.25) is 0 Å². The van der Waals surface area contributed by atoms with Crippen molar-refractivity contribution in [2.45, 2.75) is 38.0 Å². The molecule has 2 heterocycles. The molecule has 292 valence electrons. The fourth-order valence-corrected chi connectivity index (χ4v) is 11.5. The van der Waals surface area contributed by atoms with Crippen molar-refractivity contribution in [2.24, 2.45) is 0 Å². The monoisotopic (exact) mass is 800 g/mol. The van der Waals surface area contributed by atoms with Crippen LogP contribution in [0.5, 0.6) is 0 Å². The van der Waals surface area contributed by atoms with Gasteiger partial charge in [-0.25, -0.2) is 0 Å². The van der Waals surface area contributed by atoms with E-state index >= 15 is 0 Å². The largest absolute Gasteiger partial charge is 0.309 e. The second kappa shape index (κ2) is 15.0. The second-order valence-electron chi connectivity index (χ2n) is 16.7. The smallest absolute Gasteiger partial charge is 0.0555 e. The third kappa shape index (κ3) is 6.06. The molecule has 61 heavy (non-hydrogen) atoms. The molecule has 0 radical (unpaired) electrons. The highest BCUT2D eigenvalue weighted by molar-refractivity contribution is 7.26. The first-order valence-corrected chi connectivity index (χ1v) is 22.6. The van der Waals surface area contributed by atoms with E-state index in [1.165, 1.54) is 130 Å². The lowest BCUT2D eigenvalue weighted by Gasteiger charge is -2.30. The lowest BCUT2D eigenvalue weighted by atomic mass is 9.80. The average molecular weight is 801 g/mol. The van der Waals surface area contributed by atoms with E-state index in [1.54, 1.807) is 0 Å². The number of benzene rings is 9. The summed E-state index contributed by atoms with van der Waals surface area (Å²) >= 11 is 1.88. The molecule has 0 unspecified atom stereocenters. The maximum absolute atomic E-state index is 2.53. The summed E-state index contributed by atoms with van der Waals surface area (Å²) in [5, 5.41) is 7.84. The van der Waals surface area contributed by atoms with Gasteiger partial charge in [0, 0.05) is 47.9 Å². The Morgan fingerprint density at radius 2 is 1.10 bits per heavy atom. The SMILES string of the molecule is c1ccc(-n2c3ccccc3c3cc(-c4ccc(N(c5ccccc5-c5cccc6cccc(C7CCCCC7)c56)c5cccc6sc7ccccc7c56)cc4)ccc32)cc1. The number of para-hydroxylation sites is 3. The first-order valence-electron chi connectivity index (χ1n) is 21.8. The predicted octanol–water partition coefficient (Wildman–Crippen LogP) is 17.2. The van der Waals surface area contributed by atoms with Gasteiger partial charge in [0.05, 0.1) is 22.4 Å². The number of aromatic nitrogens is 1. The van der Waals surface area contributed by atoms with Crippen molar-refractivity contribution < 1.29 is 0 Å². The fourth-order valence-electron chi connectivity index (χ4n) is 10.4. The summed E-state index contributed by atoms with van der Waals surface area (Å²) in [6.07, 6.45) is 6.51. The van der Waals surface area contributed by atoms with E-state index in [-0.39, 0.29) is 0 Å². The summed E-state index contributed by atoms with van der Waals surface area (Å²) in [4.78, 5) is 2.53. The van der Waals surface area contributed by atoms with Crippen LogP contribution in [0.25, 0.3) is 80.7 Å². The van der Waals surface area contributed by atoms with E-state index in [4.69, 9.17) is 0 Å².